The van der Waals surface area contributed by atoms with Crippen LogP contribution in [0.15, 0.2) is 54.6 Å². The number of aromatic nitrogens is 2. The first-order chi connectivity index (χ1) is 15.9. The minimum Gasteiger partial charge on any atom is -0.478 e. The molecule has 2 heterocycles. The molecule has 0 aliphatic rings. The van der Waals surface area contributed by atoms with Crippen LogP contribution in [0.2, 0.25) is 0 Å². The molecule has 2 aromatic carbocycles. The largest absolute Gasteiger partial charge is 0.478 e. The number of ether oxygens (including phenoxy) is 1. The number of pyridine rings is 1. The van der Waals surface area contributed by atoms with E-state index in [1.54, 1.807) is 28.8 Å². The van der Waals surface area contributed by atoms with E-state index in [-0.39, 0.29) is 5.56 Å². The number of rotatable bonds is 3. The van der Waals surface area contributed by atoms with Gasteiger partial charge in [-0.3, -0.25) is 4.98 Å². The summed E-state index contributed by atoms with van der Waals surface area (Å²) in [6.07, 6.45) is -0.484. The predicted molar refractivity (Wildman–Crippen MR) is 133 cm³/mol. The molecule has 0 amide bonds. The molecule has 0 aliphatic heterocycles. The number of hydrogen-bond acceptors (Lipinski definition) is 4. The molecule has 0 fully saturated rings. The highest BCUT2D eigenvalue weighted by Crippen LogP contribution is 2.36. The molecule has 0 spiro atoms. The summed E-state index contributed by atoms with van der Waals surface area (Å²) in [6.45, 7) is 11.4. The Morgan fingerprint density at radius 2 is 1.44 bits per heavy atom. The van der Waals surface area contributed by atoms with Crippen molar-refractivity contribution in [1.82, 2.24) is 9.55 Å². The van der Waals surface area contributed by atoms with Crippen LogP contribution in [0.5, 0.6) is 0 Å². The van der Waals surface area contributed by atoms with Crippen molar-refractivity contribution in [2.75, 3.05) is 0 Å². The summed E-state index contributed by atoms with van der Waals surface area (Å²) in [5.74, 6) is -0.997. The van der Waals surface area contributed by atoms with Gasteiger partial charge < -0.3 is 9.84 Å². The smallest absolute Gasteiger partial charge is 0.419 e. The Hall–Kier alpha value is -3.93. The van der Waals surface area contributed by atoms with Crippen molar-refractivity contribution in [2.24, 2.45) is 0 Å². The molecule has 6 nitrogen and oxygen atoms in total. The third kappa shape index (κ3) is 4.44. The highest BCUT2D eigenvalue weighted by atomic mass is 16.6. The molecule has 0 saturated heterocycles. The lowest BCUT2D eigenvalue weighted by molar-refractivity contribution is 0.0546. The molecule has 0 radical (unpaired) electrons. The van der Waals surface area contributed by atoms with Gasteiger partial charge in [-0.25, -0.2) is 14.2 Å². The monoisotopic (exact) mass is 456 g/mol. The maximum absolute atomic E-state index is 13.4. The molecule has 0 atom stereocenters. The van der Waals surface area contributed by atoms with Gasteiger partial charge in [0.2, 0.25) is 0 Å². The van der Waals surface area contributed by atoms with E-state index in [2.05, 4.69) is 4.98 Å². The van der Waals surface area contributed by atoms with Crippen molar-refractivity contribution in [2.45, 2.75) is 47.1 Å². The van der Waals surface area contributed by atoms with Crippen molar-refractivity contribution >= 4 is 23.0 Å². The normalized spacial score (nSPS) is 11.6. The van der Waals surface area contributed by atoms with Gasteiger partial charge in [0, 0.05) is 16.8 Å². The van der Waals surface area contributed by atoms with Gasteiger partial charge in [0.1, 0.15) is 5.60 Å². The number of carboxylic acids is 1. The van der Waals surface area contributed by atoms with Crippen molar-refractivity contribution in [3.8, 4) is 22.4 Å². The number of hydrogen-bond donors (Lipinski definition) is 1. The minimum atomic E-state index is -0.997. The first-order valence-electron chi connectivity index (χ1n) is 11.1. The highest BCUT2D eigenvalue weighted by molar-refractivity contribution is 6.01. The van der Waals surface area contributed by atoms with Crippen LogP contribution in [0.25, 0.3) is 33.3 Å². The summed E-state index contributed by atoms with van der Waals surface area (Å²) >= 11 is 0. The van der Waals surface area contributed by atoms with E-state index in [0.29, 0.717) is 5.69 Å². The SMILES string of the molecule is Cc1cc(-c2ccc3c(C)c(-c4ccc(C(=O)O)cc4)n(C(=O)OC(C)(C)C)c3c2)cc(C)n1. The van der Waals surface area contributed by atoms with Gasteiger partial charge in [-0.15, -0.1) is 0 Å². The molecular formula is C28H28N2O4. The molecule has 34 heavy (non-hydrogen) atoms. The molecule has 4 aromatic rings. The summed E-state index contributed by atoms with van der Waals surface area (Å²) in [4.78, 5) is 29.2. The Bertz CT molecular complexity index is 1400. The summed E-state index contributed by atoms with van der Waals surface area (Å²) < 4.78 is 7.37. The Morgan fingerprint density at radius 3 is 2.00 bits per heavy atom. The van der Waals surface area contributed by atoms with Gasteiger partial charge in [-0.05, 0) is 94.1 Å². The highest BCUT2D eigenvalue weighted by Gasteiger charge is 2.25. The van der Waals surface area contributed by atoms with Crippen LogP contribution in [-0.4, -0.2) is 32.3 Å². The van der Waals surface area contributed by atoms with Gasteiger partial charge in [0.25, 0.3) is 0 Å². The van der Waals surface area contributed by atoms with Crippen molar-refractivity contribution < 1.29 is 19.4 Å². The van der Waals surface area contributed by atoms with Crippen molar-refractivity contribution in [1.29, 1.82) is 0 Å². The summed E-state index contributed by atoms with van der Waals surface area (Å²) in [5, 5.41) is 10.2. The van der Waals surface area contributed by atoms with Crippen LogP contribution < -0.4 is 0 Å². The molecule has 2 aromatic heterocycles. The summed E-state index contributed by atoms with van der Waals surface area (Å²) in [7, 11) is 0. The third-order valence-corrected chi connectivity index (χ3v) is 5.62. The van der Waals surface area contributed by atoms with Crippen LogP contribution in [0, 0.1) is 20.8 Å². The van der Waals surface area contributed by atoms with E-state index >= 15 is 0 Å². The van der Waals surface area contributed by atoms with Crippen LogP contribution in [0.3, 0.4) is 0 Å². The van der Waals surface area contributed by atoms with Crippen molar-refractivity contribution in [3.05, 3.63) is 77.1 Å². The van der Waals surface area contributed by atoms with Gasteiger partial charge in [-0.1, -0.05) is 24.3 Å². The van der Waals surface area contributed by atoms with Crippen LogP contribution >= 0.6 is 0 Å². The van der Waals surface area contributed by atoms with Gasteiger partial charge in [-0.2, -0.15) is 0 Å². The molecule has 6 heteroatoms. The lowest BCUT2D eigenvalue weighted by Gasteiger charge is -2.21. The number of carbonyl (C=O) groups is 2. The van der Waals surface area contributed by atoms with E-state index in [9.17, 15) is 14.7 Å². The maximum Gasteiger partial charge on any atom is 0.419 e. The number of carbonyl (C=O) groups excluding carboxylic acids is 1. The topological polar surface area (TPSA) is 81.4 Å². The molecular weight excluding hydrogens is 428 g/mol. The van der Waals surface area contributed by atoms with Gasteiger partial charge >= 0.3 is 12.1 Å². The average Bonchev–Trinajstić information content (AvgIpc) is 3.04. The molecule has 0 saturated carbocycles. The average molecular weight is 457 g/mol. The molecule has 174 valence electrons. The van der Waals surface area contributed by atoms with Crippen LogP contribution in [0.4, 0.5) is 4.79 Å². The lowest BCUT2D eigenvalue weighted by Crippen LogP contribution is -2.27. The zero-order chi connectivity index (χ0) is 24.8. The second-order valence-electron chi connectivity index (χ2n) is 9.54. The second-order valence-corrected chi connectivity index (χ2v) is 9.54. The van der Waals surface area contributed by atoms with E-state index in [0.717, 1.165) is 44.5 Å². The third-order valence-electron chi connectivity index (χ3n) is 5.62. The number of aromatic carboxylic acids is 1. The minimum absolute atomic E-state index is 0.187. The summed E-state index contributed by atoms with van der Waals surface area (Å²) in [5.41, 5.74) is 6.41. The Kier molecular flexibility index (Phi) is 5.77. The number of fused-ring (bicyclic) bond motifs is 1. The predicted octanol–water partition coefficient (Wildman–Crippen LogP) is 6.78. The first-order valence-corrected chi connectivity index (χ1v) is 11.1. The van der Waals surface area contributed by atoms with Crippen molar-refractivity contribution in [3.63, 3.8) is 0 Å². The molecule has 0 bridgehead atoms. The van der Waals surface area contributed by atoms with E-state index in [4.69, 9.17) is 4.74 Å². The zero-order valence-corrected chi connectivity index (χ0v) is 20.3. The van der Waals surface area contributed by atoms with Crippen LogP contribution in [-0.2, 0) is 4.74 Å². The number of benzene rings is 2. The number of carboxylic acid groups (broad SMARTS) is 1. The van der Waals surface area contributed by atoms with E-state index in [1.165, 1.54) is 0 Å². The molecule has 0 aliphatic carbocycles. The zero-order valence-electron chi connectivity index (χ0n) is 20.3. The molecule has 4 rings (SSSR count). The first kappa shape index (κ1) is 23.2. The standard InChI is InChI=1S/C28H28N2O4/c1-16-13-22(14-17(2)29-16)21-11-12-23-18(3)25(19-7-9-20(10-8-19)26(31)32)30(24(23)15-21)27(33)34-28(4,5)6/h7-15H,1-6H3,(H,31,32). The van der Waals surface area contributed by atoms with Gasteiger partial charge in [0.05, 0.1) is 16.8 Å². The Labute approximate surface area is 198 Å². The second kappa shape index (κ2) is 8.45. The van der Waals surface area contributed by atoms with Gasteiger partial charge in [0.15, 0.2) is 0 Å². The fourth-order valence-electron chi connectivity index (χ4n) is 4.24. The Balaban J connectivity index is 1.98. The summed E-state index contributed by atoms with van der Waals surface area (Å²) in [6, 6.07) is 16.6. The molecule has 0 unspecified atom stereocenters. The quantitative estimate of drug-likeness (QED) is 0.368. The fourth-order valence-corrected chi connectivity index (χ4v) is 4.24. The lowest BCUT2D eigenvalue weighted by atomic mass is 10.0. The Morgan fingerprint density at radius 1 is 0.853 bits per heavy atom. The number of nitrogens with zero attached hydrogens (tertiary/aromatic N) is 2. The van der Waals surface area contributed by atoms with E-state index < -0.39 is 17.7 Å². The molecule has 1 N–H and O–H groups in total. The van der Waals surface area contributed by atoms with Crippen LogP contribution in [0.1, 0.15) is 48.1 Å². The maximum atomic E-state index is 13.4. The van der Waals surface area contributed by atoms with E-state index in [1.807, 2.05) is 71.9 Å². The number of aryl methyl sites for hydroxylation is 3. The fraction of sp³-hybridized carbons (Fsp3) is 0.250.